The quantitative estimate of drug-likeness (QED) is 0.769. The molecule has 14 heavy (non-hydrogen) atoms. The molecule has 0 fully saturated rings. The predicted octanol–water partition coefficient (Wildman–Crippen LogP) is 1.40. The molecule has 1 aromatic heterocycles. The van der Waals surface area contributed by atoms with Gasteiger partial charge in [0.2, 0.25) is 0 Å². The highest BCUT2D eigenvalue weighted by Crippen LogP contribution is 2.18. The molecule has 1 heterocycles. The van der Waals surface area contributed by atoms with E-state index in [-0.39, 0.29) is 18.4 Å². The molecule has 78 valence electrons. The first kappa shape index (κ1) is 11.1. The number of hydrogen-bond acceptors (Lipinski definition) is 5. The van der Waals surface area contributed by atoms with Gasteiger partial charge in [0.05, 0.1) is 19.1 Å². The van der Waals surface area contributed by atoms with Gasteiger partial charge in [-0.1, -0.05) is 0 Å². The molecule has 0 bridgehead atoms. The van der Waals surface area contributed by atoms with Crippen LogP contribution in [0.5, 0.6) is 0 Å². The van der Waals surface area contributed by atoms with E-state index in [1.807, 2.05) is 12.3 Å². The van der Waals surface area contributed by atoms with Gasteiger partial charge in [0, 0.05) is 11.1 Å². The van der Waals surface area contributed by atoms with Gasteiger partial charge in [-0.25, -0.2) is 4.98 Å². The number of nitrogens with zero attached hydrogens (tertiary/aromatic N) is 1. The lowest BCUT2D eigenvalue weighted by molar-refractivity contribution is -0.143. The Balaban J connectivity index is 2.50. The summed E-state index contributed by atoms with van der Waals surface area (Å²) < 4.78 is 4.80. The van der Waals surface area contributed by atoms with Gasteiger partial charge in [-0.2, -0.15) is 0 Å². The van der Waals surface area contributed by atoms with E-state index < -0.39 is 0 Å². The molecule has 1 atom stereocenters. The molecule has 0 aliphatic heterocycles. The molecule has 0 amide bonds. The molecule has 0 aliphatic rings. The highest BCUT2D eigenvalue weighted by atomic mass is 32.1. The number of rotatable bonds is 4. The second-order valence-electron chi connectivity index (χ2n) is 2.94. The van der Waals surface area contributed by atoms with Gasteiger partial charge >= 0.3 is 5.97 Å². The van der Waals surface area contributed by atoms with Gasteiger partial charge in [-0.05, 0) is 13.8 Å². The van der Waals surface area contributed by atoms with Crippen molar-refractivity contribution in [3.05, 3.63) is 16.1 Å². The van der Waals surface area contributed by atoms with Crippen LogP contribution in [0.3, 0.4) is 0 Å². The molecular formula is C9H14N2O2S. The zero-order valence-electron chi connectivity index (χ0n) is 8.32. The molecule has 0 aromatic carbocycles. The Morgan fingerprint density at radius 1 is 1.79 bits per heavy atom. The average Bonchev–Trinajstić information content (AvgIpc) is 2.52. The number of hydrogen-bond donors (Lipinski definition) is 1. The second kappa shape index (κ2) is 5.07. The van der Waals surface area contributed by atoms with E-state index in [0.717, 1.165) is 10.7 Å². The van der Waals surface area contributed by atoms with Crippen molar-refractivity contribution in [3.8, 4) is 0 Å². The number of carbonyl (C=O) groups is 1. The van der Waals surface area contributed by atoms with Crippen molar-refractivity contribution in [1.29, 1.82) is 0 Å². The minimum absolute atomic E-state index is 0.195. The highest BCUT2D eigenvalue weighted by Gasteiger charge is 2.14. The lowest BCUT2D eigenvalue weighted by Crippen LogP contribution is -2.17. The number of aromatic nitrogens is 1. The standard InChI is InChI=1S/C9H14N2O2S/c1-3-13-8(12)4-7(10)9-11-6(2)5-14-9/h5,7H,3-4,10H2,1-2H3/t7-/m0/s1. The fourth-order valence-electron chi connectivity index (χ4n) is 1.03. The molecule has 1 aromatic rings. The van der Waals surface area contributed by atoms with E-state index >= 15 is 0 Å². The molecule has 4 nitrogen and oxygen atoms in total. The monoisotopic (exact) mass is 214 g/mol. The summed E-state index contributed by atoms with van der Waals surface area (Å²) >= 11 is 1.47. The number of thiazole rings is 1. The van der Waals surface area contributed by atoms with Gasteiger partial charge < -0.3 is 10.5 Å². The summed E-state index contributed by atoms with van der Waals surface area (Å²) in [6.07, 6.45) is 0.195. The Bertz CT molecular complexity index is 312. The summed E-state index contributed by atoms with van der Waals surface area (Å²) in [5.41, 5.74) is 6.72. The maximum absolute atomic E-state index is 11.1. The Hall–Kier alpha value is -0.940. The third kappa shape index (κ3) is 3.08. The Labute approximate surface area is 87.1 Å². The first-order valence-electron chi connectivity index (χ1n) is 4.46. The Morgan fingerprint density at radius 3 is 3.00 bits per heavy atom. The van der Waals surface area contributed by atoms with Crippen molar-refractivity contribution < 1.29 is 9.53 Å². The maximum Gasteiger partial charge on any atom is 0.307 e. The number of nitrogens with two attached hydrogens (primary N) is 1. The van der Waals surface area contributed by atoms with E-state index in [1.165, 1.54) is 11.3 Å². The van der Waals surface area contributed by atoms with Crippen LogP contribution >= 0.6 is 11.3 Å². The molecule has 0 saturated carbocycles. The number of carbonyl (C=O) groups excluding carboxylic acids is 1. The fourth-order valence-corrected chi connectivity index (χ4v) is 1.83. The average molecular weight is 214 g/mol. The molecule has 2 N–H and O–H groups in total. The van der Waals surface area contributed by atoms with E-state index in [0.29, 0.717) is 6.61 Å². The van der Waals surface area contributed by atoms with Gasteiger partial charge in [0.25, 0.3) is 0 Å². The van der Waals surface area contributed by atoms with Crippen molar-refractivity contribution in [3.63, 3.8) is 0 Å². The summed E-state index contributed by atoms with van der Waals surface area (Å²) in [7, 11) is 0. The molecule has 0 unspecified atom stereocenters. The van der Waals surface area contributed by atoms with Crippen LogP contribution in [0.15, 0.2) is 5.38 Å². The summed E-state index contributed by atoms with van der Waals surface area (Å²) in [6.45, 7) is 4.07. The van der Waals surface area contributed by atoms with Gasteiger partial charge in [-0.15, -0.1) is 11.3 Å². The molecule has 0 saturated heterocycles. The van der Waals surface area contributed by atoms with Crippen molar-refractivity contribution in [1.82, 2.24) is 4.98 Å². The number of esters is 1. The SMILES string of the molecule is CCOC(=O)C[C@H](N)c1nc(C)cs1. The molecule has 0 spiro atoms. The zero-order valence-corrected chi connectivity index (χ0v) is 9.13. The fraction of sp³-hybridized carbons (Fsp3) is 0.556. The summed E-state index contributed by atoms with van der Waals surface area (Å²) in [5.74, 6) is -0.271. The summed E-state index contributed by atoms with van der Waals surface area (Å²) in [4.78, 5) is 15.3. The maximum atomic E-state index is 11.1. The van der Waals surface area contributed by atoms with E-state index in [4.69, 9.17) is 10.5 Å². The normalized spacial score (nSPS) is 12.5. The lowest BCUT2D eigenvalue weighted by Gasteiger charge is -2.06. The Kier molecular flexibility index (Phi) is 4.03. The summed E-state index contributed by atoms with van der Waals surface area (Å²) in [6, 6.07) is -0.340. The number of aryl methyl sites for hydroxylation is 1. The highest BCUT2D eigenvalue weighted by molar-refractivity contribution is 7.09. The second-order valence-corrected chi connectivity index (χ2v) is 3.83. The van der Waals surface area contributed by atoms with Gasteiger partial charge in [-0.3, -0.25) is 4.79 Å². The van der Waals surface area contributed by atoms with Crippen LogP contribution in [0.2, 0.25) is 0 Å². The minimum atomic E-state index is -0.340. The molecule has 5 heteroatoms. The third-order valence-electron chi connectivity index (χ3n) is 1.65. The smallest absolute Gasteiger partial charge is 0.307 e. The van der Waals surface area contributed by atoms with Crippen LogP contribution in [0.4, 0.5) is 0 Å². The van der Waals surface area contributed by atoms with Crippen LogP contribution in [-0.2, 0) is 9.53 Å². The van der Waals surface area contributed by atoms with E-state index in [2.05, 4.69) is 4.98 Å². The largest absolute Gasteiger partial charge is 0.466 e. The number of ether oxygens (including phenoxy) is 1. The van der Waals surface area contributed by atoms with Crippen LogP contribution in [0, 0.1) is 6.92 Å². The van der Waals surface area contributed by atoms with Crippen molar-refractivity contribution in [2.45, 2.75) is 26.3 Å². The van der Waals surface area contributed by atoms with Crippen molar-refractivity contribution >= 4 is 17.3 Å². The van der Waals surface area contributed by atoms with E-state index in [1.54, 1.807) is 6.92 Å². The van der Waals surface area contributed by atoms with Gasteiger partial charge in [0.15, 0.2) is 0 Å². The predicted molar refractivity (Wildman–Crippen MR) is 55.0 cm³/mol. The van der Waals surface area contributed by atoms with E-state index in [9.17, 15) is 4.79 Å². The molecule has 0 aliphatic carbocycles. The summed E-state index contributed by atoms with van der Waals surface area (Å²) in [5, 5.41) is 2.70. The topological polar surface area (TPSA) is 65.2 Å². The zero-order chi connectivity index (χ0) is 10.6. The van der Waals surface area contributed by atoms with Gasteiger partial charge in [0.1, 0.15) is 5.01 Å². The lowest BCUT2D eigenvalue weighted by atomic mass is 10.2. The Morgan fingerprint density at radius 2 is 2.50 bits per heavy atom. The van der Waals surface area contributed by atoms with Crippen LogP contribution in [-0.4, -0.2) is 17.6 Å². The van der Waals surface area contributed by atoms with Crippen LogP contribution in [0.25, 0.3) is 0 Å². The minimum Gasteiger partial charge on any atom is -0.466 e. The molecular weight excluding hydrogens is 200 g/mol. The first-order valence-corrected chi connectivity index (χ1v) is 5.34. The van der Waals surface area contributed by atoms with Crippen LogP contribution < -0.4 is 5.73 Å². The van der Waals surface area contributed by atoms with Crippen molar-refractivity contribution in [2.75, 3.05) is 6.61 Å². The first-order chi connectivity index (χ1) is 6.63. The molecule has 1 rings (SSSR count). The van der Waals surface area contributed by atoms with Crippen LogP contribution in [0.1, 0.15) is 30.1 Å². The third-order valence-corrected chi connectivity index (χ3v) is 2.74. The van der Waals surface area contributed by atoms with Crippen molar-refractivity contribution in [2.24, 2.45) is 5.73 Å². The molecule has 0 radical (unpaired) electrons.